The van der Waals surface area contributed by atoms with E-state index in [4.69, 9.17) is 10.1 Å². The third kappa shape index (κ3) is 6.29. The summed E-state index contributed by atoms with van der Waals surface area (Å²) in [5.41, 5.74) is 5.69. The molecule has 10 heteroatoms. The number of aryl methyl sites for hydroxylation is 1. The SMILES string of the molecule is CC(C)c1ccc2c(Nc3cc(C(=O)NC4CCc5ccccc54)ccc3Sc3ccc(NC(=O)O)cc3)ncnc2n1. The van der Waals surface area contributed by atoms with Crippen LogP contribution in [0.4, 0.5) is 22.0 Å². The summed E-state index contributed by atoms with van der Waals surface area (Å²) in [5, 5.41) is 18.8. The van der Waals surface area contributed by atoms with Gasteiger partial charge in [-0.3, -0.25) is 10.1 Å². The van der Waals surface area contributed by atoms with E-state index in [2.05, 4.69) is 51.9 Å². The standard InChI is InChI=1S/C33H30N6O3S/c1-19(2)26-15-13-25-30(37-26)34-18-35-31(25)38-28-17-21(32(40)39-27-14-7-20-5-3-4-6-24(20)27)8-16-29(28)43-23-11-9-22(10-12-23)36-33(41)42/h3-6,8-13,15-19,27,36H,7,14H2,1-2H3,(H,39,40)(H,41,42)(H,34,35,37,38). The monoisotopic (exact) mass is 590 g/mol. The number of benzene rings is 3. The minimum absolute atomic E-state index is 0.0286. The number of pyridine rings is 1. The molecule has 2 amide bonds. The molecule has 0 aliphatic heterocycles. The second kappa shape index (κ2) is 12.1. The van der Waals surface area contributed by atoms with E-state index in [-0.39, 0.29) is 17.9 Å². The van der Waals surface area contributed by atoms with Gasteiger partial charge in [0.25, 0.3) is 5.91 Å². The van der Waals surface area contributed by atoms with Crippen molar-refractivity contribution < 1.29 is 14.7 Å². The zero-order valence-corrected chi connectivity index (χ0v) is 24.5. The Balaban J connectivity index is 1.32. The van der Waals surface area contributed by atoms with Crippen LogP contribution in [0.25, 0.3) is 11.0 Å². The first-order valence-electron chi connectivity index (χ1n) is 14.0. The highest BCUT2D eigenvalue weighted by atomic mass is 32.2. The number of nitrogens with zero attached hydrogens (tertiary/aromatic N) is 3. The van der Waals surface area contributed by atoms with Crippen molar-refractivity contribution in [1.29, 1.82) is 0 Å². The van der Waals surface area contributed by atoms with Crippen LogP contribution in [0, 0.1) is 0 Å². The molecule has 2 aromatic heterocycles. The summed E-state index contributed by atoms with van der Waals surface area (Å²) >= 11 is 1.49. The van der Waals surface area contributed by atoms with Gasteiger partial charge in [0.15, 0.2) is 5.65 Å². The normalized spacial score (nSPS) is 14.0. The number of amides is 2. The van der Waals surface area contributed by atoms with Gasteiger partial charge in [-0.2, -0.15) is 0 Å². The highest BCUT2D eigenvalue weighted by Crippen LogP contribution is 2.37. The van der Waals surface area contributed by atoms with Crippen molar-refractivity contribution in [3.63, 3.8) is 0 Å². The fourth-order valence-corrected chi connectivity index (χ4v) is 6.05. The first kappa shape index (κ1) is 28.2. The van der Waals surface area contributed by atoms with Crippen LogP contribution in [0.2, 0.25) is 0 Å². The average molecular weight is 591 g/mol. The molecule has 0 saturated heterocycles. The van der Waals surface area contributed by atoms with Gasteiger partial charge in [0, 0.05) is 26.7 Å². The highest BCUT2D eigenvalue weighted by Gasteiger charge is 2.24. The van der Waals surface area contributed by atoms with E-state index < -0.39 is 6.09 Å². The molecule has 1 aliphatic carbocycles. The molecule has 0 spiro atoms. The van der Waals surface area contributed by atoms with Crippen LogP contribution < -0.4 is 16.0 Å². The fraction of sp³-hybridized carbons (Fsp3) is 0.182. The van der Waals surface area contributed by atoms with E-state index in [9.17, 15) is 9.59 Å². The second-order valence-electron chi connectivity index (χ2n) is 10.6. The minimum atomic E-state index is -1.12. The summed E-state index contributed by atoms with van der Waals surface area (Å²) < 4.78 is 0. The lowest BCUT2D eigenvalue weighted by atomic mass is 10.1. The number of carbonyl (C=O) groups is 2. The Morgan fingerprint density at radius 3 is 2.58 bits per heavy atom. The molecule has 216 valence electrons. The smallest absolute Gasteiger partial charge is 0.409 e. The fourth-order valence-electron chi connectivity index (χ4n) is 5.17. The van der Waals surface area contributed by atoms with Crippen LogP contribution in [0.5, 0.6) is 0 Å². The van der Waals surface area contributed by atoms with Crippen LogP contribution >= 0.6 is 11.8 Å². The van der Waals surface area contributed by atoms with Crippen LogP contribution in [-0.4, -0.2) is 32.1 Å². The molecule has 9 nitrogen and oxygen atoms in total. The van der Waals surface area contributed by atoms with E-state index in [1.807, 2.05) is 54.6 Å². The maximum Gasteiger partial charge on any atom is 0.409 e. The highest BCUT2D eigenvalue weighted by molar-refractivity contribution is 7.99. The summed E-state index contributed by atoms with van der Waals surface area (Å²) in [6, 6.07) is 24.8. The van der Waals surface area contributed by atoms with Crippen LogP contribution in [0.1, 0.15) is 59.4 Å². The molecule has 2 heterocycles. The maximum absolute atomic E-state index is 13.5. The number of hydrogen-bond acceptors (Lipinski definition) is 7. The van der Waals surface area contributed by atoms with Crippen molar-refractivity contribution in [2.24, 2.45) is 0 Å². The number of carboxylic acid groups (broad SMARTS) is 1. The Morgan fingerprint density at radius 1 is 0.977 bits per heavy atom. The van der Waals surface area contributed by atoms with Gasteiger partial charge < -0.3 is 15.7 Å². The molecular weight excluding hydrogens is 560 g/mol. The van der Waals surface area contributed by atoms with Crippen molar-refractivity contribution >= 4 is 52.0 Å². The van der Waals surface area contributed by atoms with E-state index in [1.54, 1.807) is 12.1 Å². The Morgan fingerprint density at radius 2 is 1.79 bits per heavy atom. The van der Waals surface area contributed by atoms with Crippen molar-refractivity contribution in [2.45, 2.75) is 48.4 Å². The minimum Gasteiger partial charge on any atom is -0.465 e. The Hall–Kier alpha value is -4.96. The van der Waals surface area contributed by atoms with Gasteiger partial charge in [0.2, 0.25) is 0 Å². The molecule has 4 N–H and O–H groups in total. The predicted octanol–water partition coefficient (Wildman–Crippen LogP) is 7.55. The van der Waals surface area contributed by atoms with Crippen LogP contribution in [0.3, 0.4) is 0 Å². The zero-order chi connectivity index (χ0) is 29.9. The summed E-state index contributed by atoms with van der Waals surface area (Å²) in [6.07, 6.45) is 2.18. The first-order chi connectivity index (χ1) is 20.8. The number of carbonyl (C=O) groups excluding carboxylic acids is 1. The summed E-state index contributed by atoms with van der Waals surface area (Å²) in [4.78, 5) is 39.8. The average Bonchev–Trinajstić information content (AvgIpc) is 3.41. The predicted molar refractivity (Wildman–Crippen MR) is 168 cm³/mol. The molecule has 1 aliphatic rings. The van der Waals surface area contributed by atoms with Crippen molar-refractivity contribution in [1.82, 2.24) is 20.3 Å². The molecule has 0 bridgehead atoms. The number of fused-ring (bicyclic) bond motifs is 2. The number of hydrogen-bond donors (Lipinski definition) is 4. The molecule has 0 saturated carbocycles. The summed E-state index contributed by atoms with van der Waals surface area (Å²) in [7, 11) is 0. The van der Waals surface area contributed by atoms with Gasteiger partial charge in [0.05, 0.1) is 17.1 Å². The number of nitrogens with one attached hydrogen (secondary N) is 3. The van der Waals surface area contributed by atoms with Crippen LogP contribution in [-0.2, 0) is 6.42 Å². The van der Waals surface area contributed by atoms with E-state index in [0.29, 0.717) is 28.4 Å². The van der Waals surface area contributed by atoms with Crippen LogP contribution in [0.15, 0.2) is 95.0 Å². The molecule has 43 heavy (non-hydrogen) atoms. The summed E-state index contributed by atoms with van der Waals surface area (Å²) in [5.74, 6) is 0.692. The van der Waals surface area contributed by atoms with Gasteiger partial charge in [-0.05, 0) is 84.5 Å². The van der Waals surface area contributed by atoms with Gasteiger partial charge in [-0.1, -0.05) is 49.9 Å². The van der Waals surface area contributed by atoms with Gasteiger partial charge in [-0.25, -0.2) is 19.7 Å². The lowest BCUT2D eigenvalue weighted by Gasteiger charge is -2.17. The van der Waals surface area contributed by atoms with Crippen molar-refractivity contribution in [3.8, 4) is 0 Å². The largest absolute Gasteiger partial charge is 0.465 e. The van der Waals surface area contributed by atoms with E-state index >= 15 is 0 Å². The van der Waals surface area contributed by atoms with Crippen molar-refractivity contribution in [3.05, 3.63) is 108 Å². The lowest BCUT2D eigenvalue weighted by molar-refractivity contribution is 0.0936. The van der Waals surface area contributed by atoms with Gasteiger partial charge >= 0.3 is 6.09 Å². The molecular formula is C33H30N6O3S. The topological polar surface area (TPSA) is 129 Å². The van der Waals surface area contributed by atoms with E-state index in [0.717, 1.165) is 33.7 Å². The molecule has 1 atom stereocenters. The third-order valence-corrected chi connectivity index (χ3v) is 8.46. The molecule has 0 radical (unpaired) electrons. The zero-order valence-electron chi connectivity index (χ0n) is 23.7. The maximum atomic E-state index is 13.5. The molecule has 1 unspecified atom stereocenters. The van der Waals surface area contributed by atoms with Gasteiger partial charge in [-0.15, -0.1) is 0 Å². The lowest BCUT2D eigenvalue weighted by Crippen LogP contribution is -2.27. The molecule has 5 aromatic rings. The quantitative estimate of drug-likeness (QED) is 0.146. The Labute approximate surface area is 253 Å². The Bertz CT molecular complexity index is 1830. The van der Waals surface area contributed by atoms with Gasteiger partial charge in [0.1, 0.15) is 12.1 Å². The summed E-state index contributed by atoms with van der Waals surface area (Å²) in [6.45, 7) is 4.17. The molecule has 0 fully saturated rings. The van der Waals surface area contributed by atoms with Crippen molar-refractivity contribution in [2.75, 3.05) is 10.6 Å². The van der Waals surface area contributed by atoms with E-state index in [1.165, 1.54) is 29.2 Å². The second-order valence-corrected chi connectivity index (χ2v) is 11.8. The molecule has 6 rings (SSSR count). The number of rotatable bonds is 8. The first-order valence-corrected chi connectivity index (χ1v) is 14.8. The molecule has 3 aromatic carbocycles. The number of anilines is 3. The number of aromatic nitrogens is 3. The Kier molecular flexibility index (Phi) is 7.93. The third-order valence-electron chi connectivity index (χ3n) is 7.38.